The van der Waals surface area contributed by atoms with Gasteiger partial charge in [-0.3, -0.25) is 4.79 Å². The van der Waals surface area contributed by atoms with Crippen molar-refractivity contribution in [1.29, 1.82) is 0 Å². The molecule has 1 amide bonds. The van der Waals surface area contributed by atoms with E-state index >= 15 is 0 Å². The van der Waals surface area contributed by atoms with Gasteiger partial charge < -0.3 is 14.5 Å². The van der Waals surface area contributed by atoms with Crippen LogP contribution in [0.15, 0.2) is 59.3 Å². The summed E-state index contributed by atoms with van der Waals surface area (Å²) in [5.74, 6) is 0.807. The van der Waals surface area contributed by atoms with Crippen LogP contribution in [0, 0.1) is 0 Å². The van der Waals surface area contributed by atoms with Gasteiger partial charge in [0.15, 0.2) is 6.61 Å². The van der Waals surface area contributed by atoms with Crippen LogP contribution >= 0.6 is 11.6 Å². The van der Waals surface area contributed by atoms with Gasteiger partial charge in [0.2, 0.25) is 12.3 Å². The van der Waals surface area contributed by atoms with E-state index in [-0.39, 0.29) is 18.6 Å². The molecular formula is C18H16ClN3O3. The molecule has 7 heteroatoms. The topological polar surface area (TPSA) is 77.2 Å². The third kappa shape index (κ3) is 4.58. The van der Waals surface area contributed by atoms with Crippen molar-refractivity contribution in [1.82, 2.24) is 15.5 Å². The first-order valence-corrected chi connectivity index (χ1v) is 8.04. The molecule has 0 radical (unpaired) electrons. The number of carbonyl (C=O) groups excluding carboxylic acids is 1. The van der Waals surface area contributed by atoms with E-state index in [0.29, 0.717) is 16.7 Å². The molecule has 0 saturated carbocycles. The highest BCUT2D eigenvalue weighted by atomic mass is 35.5. The number of rotatable bonds is 6. The first kappa shape index (κ1) is 17.0. The van der Waals surface area contributed by atoms with Gasteiger partial charge in [-0.1, -0.05) is 23.7 Å². The average Bonchev–Trinajstić information content (AvgIpc) is 3.15. The van der Waals surface area contributed by atoms with Crippen LogP contribution in [0.2, 0.25) is 5.02 Å². The molecule has 0 fully saturated rings. The van der Waals surface area contributed by atoms with E-state index in [0.717, 1.165) is 11.1 Å². The minimum atomic E-state index is -0.205. The fourth-order valence-electron chi connectivity index (χ4n) is 2.26. The Labute approximate surface area is 149 Å². The molecule has 3 rings (SSSR count). The van der Waals surface area contributed by atoms with E-state index in [4.69, 9.17) is 20.8 Å². The SMILES string of the molecule is C[C@@H](NC(=O)COc1ccc(-c2nnco2)cc1)c1ccc(Cl)cc1. The van der Waals surface area contributed by atoms with Crippen molar-refractivity contribution in [3.05, 3.63) is 65.5 Å². The number of amides is 1. The first-order chi connectivity index (χ1) is 12.1. The summed E-state index contributed by atoms with van der Waals surface area (Å²) in [5, 5.41) is 11.0. The molecule has 1 N–H and O–H groups in total. The molecule has 0 saturated heterocycles. The zero-order chi connectivity index (χ0) is 17.6. The van der Waals surface area contributed by atoms with E-state index < -0.39 is 0 Å². The Morgan fingerprint density at radius 1 is 1.20 bits per heavy atom. The molecule has 128 valence electrons. The Balaban J connectivity index is 1.51. The summed E-state index contributed by atoms with van der Waals surface area (Å²) in [7, 11) is 0. The van der Waals surface area contributed by atoms with Gasteiger partial charge in [0, 0.05) is 10.6 Å². The Kier molecular flexibility index (Phi) is 5.30. The number of nitrogens with one attached hydrogen (secondary N) is 1. The molecule has 0 unspecified atom stereocenters. The number of halogens is 1. The fourth-order valence-corrected chi connectivity index (χ4v) is 2.39. The van der Waals surface area contributed by atoms with E-state index in [1.54, 1.807) is 36.4 Å². The number of hydrogen-bond acceptors (Lipinski definition) is 5. The molecule has 3 aromatic rings. The maximum absolute atomic E-state index is 12.0. The van der Waals surface area contributed by atoms with Crippen LogP contribution in [0.3, 0.4) is 0 Å². The highest BCUT2D eigenvalue weighted by Gasteiger charge is 2.10. The molecular weight excluding hydrogens is 342 g/mol. The molecule has 0 spiro atoms. The monoisotopic (exact) mass is 357 g/mol. The molecule has 1 aromatic heterocycles. The lowest BCUT2D eigenvalue weighted by molar-refractivity contribution is -0.123. The predicted octanol–water partition coefficient (Wildman–Crippen LogP) is 3.65. The second kappa shape index (κ2) is 7.81. The third-order valence-corrected chi connectivity index (χ3v) is 3.83. The van der Waals surface area contributed by atoms with Gasteiger partial charge in [-0.05, 0) is 48.9 Å². The molecule has 1 atom stereocenters. The summed E-state index contributed by atoms with van der Waals surface area (Å²) in [6.07, 6.45) is 1.27. The second-order valence-corrected chi connectivity index (χ2v) is 5.83. The van der Waals surface area contributed by atoms with Crippen LogP contribution in [-0.2, 0) is 4.79 Å². The van der Waals surface area contributed by atoms with Crippen molar-refractivity contribution in [2.24, 2.45) is 0 Å². The van der Waals surface area contributed by atoms with Gasteiger partial charge in [0.25, 0.3) is 5.91 Å². The van der Waals surface area contributed by atoms with Crippen molar-refractivity contribution < 1.29 is 13.9 Å². The van der Waals surface area contributed by atoms with Crippen LogP contribution in [-0.4, -0.2) is 22.7 Å². The predicted molar refractivity (Wildman–Crippen MR) is 93.2 cm³/mol. The molecule has 6 nitrogen and oxygen atoms in total. The molecule has 0 aliphatic heterocycles. The second-order valence-electron chi connectivity index (χ2n) is 5.40. The van der Waals surface area contributed by atoms with Crippen molar-refractivity contribution >= 4 is 17.5 Å². The molecule has 0 bridgehead atoms. The first-order valence-electron chi connectivity index (χ1n) is 7.66. The molecule has 1 heterocycles. The Bertz CT molecular complexity index is 818. The van der Waals surface area contributed by atoms with Crippen LogP contribution in [0.1, 0.15) is 18.5 Å². The fraction of sp³-hybridized carbons (Fsp3) is 0.167. The summed E-state index contributed by atoms with van der Waals surface area (Å²) in [6, 6.07) is 14.3. The van der Waals surface area contributed by atoms with Crippen molar-refractivity contribution in [2.75, 3.05) is 6.61 Å². The summed E-state index contributed by atoms with van der Waals surface area (Å²) < 4.78 is 10.6. The summed E-state index contributed by atoms with van der Waals surface area (Å²) in [5.41, 5.74) is 1.76. The Morgan fingerprint density at radius 2 is 1.92 bits per heavy atom. The van der Waals surface area contributed by atoms with Crippen LogP contribution in [0.4, 0.5) is 0 Å². The molecule has 0 aliphatic rings. The van der Waals surface area contributed by atoms with E-state index in [1.807, 2.05) is 19.1 Å². The van der Waals surface area contributed by atoms with Crippen LogP contribution < -0.4 is 10.1 Å². The van der Waals surface area contributed by atoms with Gasteiger partial charge in [-0.2, -0.15) is 0 Å². The van der Waals surface area contributed by atoms with Gasteiger partial charge in [-0.15, -0.1) is 10.2 Å². The number of hydrogen-bond donors (Lipinski definition) is 1. The normalized spacial score (nSPS) is 11.8. The lowest BCUT2D eigenvalue weighted by Crippen LogP contribution is -2.31. The molecule has 2 aromatic carbocycles. The number of aromatic nitrogens is 2. The molecule has 25 heavy (non-hydrogen) atoms. The summed E-state index contributed by atoms with van der Waals surface area (Å²) in [6.45, 7) is 1.83. The van der Waals surface area contributed by atoms with Gasteiger partial charge in [0.05, 0.1) is 6.04 Å². The number of carbonyl (C=O) groups is 1. The maximum atomic E-state index is 12.0. The van der Waals surface area contributed by atoms with Gasteiger partial charge in [0.1, 0.15) is 5.75 Å². The average molecular weight is 358 g/mol. The van der Waals surface area contributed by atoms with Crippen LogP contribution in [0.25, 0.3) is 11.5 Å². The lowest BCUT2D eigenvalue weighted by Gasteiger charge is -2.15. The minimum Gasteiger partial charge on any atom is -0.484 e. The van der Waals surface area contributed by atoms with Gasteiger partial charge >= 0.3 is 0 Å². The largest absolute Gasteiger partial charge is 0.484 e. The van der Waals surface area contributed by atoms with E-state index in [2.05, 4.69) is 15.5 Å². The van der Waals surface area contributed by atoms with Crippen LogP contribution in [0.5, 0.6) is 5.75 Å². The number of benzene rings is 2. The highest BCUT2D eigenvalue weighted by molar-refractivity contribution is 6.30. The van der Waals surface area contributed by atoms with Crippen molar-refractivity contribution in [3.8, 4) is 17.2 Å². The van der Waals surface area contributed by atoms with E-state index in [1.165, 1.54) is 6.39 Å². The standard InChI is InChI=1S/C18H16ClN3O3/c1-12(13-2-6-15(19)7-3-13)21-17(23)10-24-16-8-4-14(5-9-16)18-22-20-11-25-18/h2-9,11-12H,10H2,1H3,(H,21,23)/t12-/m1/s1. The Hall–Kier alpha value is -2.86. The quantitative estimate of drug-likeness (QED) is 0.728. The number of ether oxygens (including phenoxy) is 1. The minimum absolute atomic E-state index is 0.0716. The highest BCUT2D eigenvalue weighted by Crippen LogP contribution is 2.20. The zero-order valence-electron chi connectivity index (χ0n) is 13.5. The molecule has 0 aliphatic carbocycles. The zero-order valence-corrected chi connectivity index (χ0v) is 14.2. The van der Waals surface area contributed by atoms with Crippen molar-refractivity contribution in [3.63, 3.8) is 0 Å². The summed E-state index contributed by atoms with van der Waals surface area (Å²) >= 11 is 5.86. The number of nitrogens with zero attached hydrogens (tertiary/aromatic N) is 2. The van der Waals surface area contributed by atoms with Crippen molar-refractivity contribution in [2.45, 2.75) is 13.0 Å². The maximum Gasteiger partial charge on any atom is 0.258 e. The smallest absolute Gasteiger partial charge is 0.258 e. The van der Waals surface area contributed by atoms with E-state index in [9.17, 15) is 4.79 Å². The lowest BCUT2D eigenvalue weighted by atomic mass is 10.1. The third-order valence-electron chi connectivity index (χ3n) is 3.58. The summed E-state index contributed by atoms with van der Waals surface area (Å²) in [4.78, 5) is 12.0. The Morgan fingerprint density at radius 3 is 2.56 bits per heavy atom. The van der Waals surface area contributed by atoms with Gasteiger partial charge in [-0.25, -0.2) is 0 Å².